The predicted octanol–water partition coefficient (Wildman–Crippen LogP) is 1.51. The van der Waals surface area contributed by atoms with Crippen LogP contribution in [0.25, 0.3) is 11.4 Å². The normalized spacial score (nSPS) is 11.5. The van der Waals surface area contributed by atoms with Crippen molar-refractivity contribution in [2.75, 3.05) is 13.7 Å². The van der Waals surface area contributed by atoms with Crippen LogP contribution in [0.3, 0.4) is 0 Å². The SMILES string of the molecule is CCOc1ccc(-c2nsc(S(=O)(=O)NC)n2)cc1. The van der Waals surface area contributed by atoms with Crippen LogP contribution in [-0.4, -0.2) is 31.4 Å². The van der Waals surface area contributed by atoms with Crippen LogP contribution in [0.5, 0.6) is 5.75 Å². The Bertz CT molecular complexity index is 650. The second-order valence-electron chi connectivity index (χ2n) is 3.55. The highest BCUT2D eigenvalue weighted by Crippen LogP contribution is 2.23. The van der Waals surface area contributed by atoms with Crippen molar-refractivity contribution in [2.24, 2.45) is 0 Å². The van der Waals surface area contributed by atoms with Gasteiger partial charge in [-0.05, 0) is 49.8 Å². The summed E-state index contributed by atoms with van der Waals surface area (Å²) in [6.07, 6.45) is 0. The molecule has 0 fully saturated rings. The zero-order chi connectivity index (χ0) is 13.9. The molecule has 0 aliphatic heterocycles. The molecule has 0 radical (unpaired) electrons. The van der Waals surface area contributed by atoms with Crippen LogP contribution in [0.4, 0.5) is 0 Å². The highest BCUT2D eigenvalue weighted by molar-refractivity contribution is 7.91. The maximum atomic E-state index is 11.6. The lowest BCUT2D eigenvalue weighted by Gasteiger charge is -2.02. The molecule has 0 aliphatic rings. The van der Waals surface area contributed by atoms with Gasteiger partial charge in [-0.25, -0.2) is 18.1 Å². The molecule has 102 valence electrons. The van der Waals surface area contributed by atoms with Gasteiger partial charge in [-0.3, -0.25) is 0 Å². The Morgan fingerprint density at radius 2 is 2.00 bits per heavy atom. The number of benzene rings is 1. The number of aromatic nitrogens is 2. The van der Waals surface area contributed by atoms with E-state index < -0.39 is 10.0 Å². The third-order valence-electron chi connectivity index (χ3n) is 2.33. The van der Waals surface area contributed by atoms with E-state index in [1.807, 2.05) is 6.92 Å². The summed E-state index contributed by atoms with van der Waals surface area (Å²) in [5.74, 6) is 1.14. The molecule has 2 rings (SSSR count). The van der Waals surface area contributed by atoms with E-state index in [9.17, 15) is 8.42 Å². The molecule has 0 atom stereocenters. The number of ether oxygens (including phenoxy) is 1. The van der Waals surface area contributed by atoms with Crippen LogP contribution in [0, 0.1) is 0 Å². The van der Waals surface area contributed by atoms with Crippen molar-refractivity contribution in [1.29, 1.82) is 0 Å². The van der Waals surface area contributed by atoms with Crippen LogP contribution >= 0.6 is 11.5 Å². The first-order chi connectivity index (χ1) is 9.06. The van der Waals surface area contributed by atoms with Gasteiger partial charge in [0.1, 0.15) is 5.75 Å². The highest BCUT2D eigenvalue weighted by atomic mass is 32.2. The third-order valence-corrected chi connectivity index (χ3v) is 4.81. The second kappa shape index (κ2) is 5.64. The van der Waals surface area contributed by atoms with Gasteiger partial charge in [-0.15, -0.1) is 0 Å². The number of nitrogens with one attached hydrogen (secondary N) is 1. The fraction of sp³-hybridized carbons (Fsp3) is 0.273. The van der Waals surface area contributed by atoms with Crippen molar-refractivity contribution in [1.82, 2.24) is 14.1 Å². The van der Waals surface area contributed by atoms with Crippen molar-refractivity contribution < 1.29 is 13.2 Å². The number of hydrogen-bond acceptors (Lipinski definition) is 6. The summed E-state index contributed by atoms with van der Waals surface area (Å²) in [5.41, 5.74) is 0.747. The Hall–Kier alpha value is -1.51. The Labute approximate surface area is 115 Å². The first-order valence-electron chi connectivity index (χ1n) is 5.57. The quantitative estimate of drug-likeness (QED) is 0.905. The zero-order valence-corrected chi connectivity index (χ0v) is 12.1. The molecule has 0 unspecified atom stereocenters. The van der Waals surface area contributed by atoms with Gasteiger partial charge in [-0.1, -0.05) is 0 Å². The molecule has 0 aliphatic carbocycles. The zero-order valence-electron chi connectivity index (χ0n) is 10.5. The molecule has 8 heteroatoms. The Morgan fingerprint density at radius 1 is 1.32 bits per heavy atom. The van der Waals surface area contributed by atoms with Gasteiger partial charge in [-0.2, -0.15) is 4.37 Å². The van der Waals surface area contributed by atoms with Crippen molar-refractivity contribution in [3.05, 3.63) is 24.3 Å². The minimum atomic E-state index is -3.53. The van der Waals surface area contributed by atoms with E-state index in [0.29, 0.717) is 12.4 Å². The summed E-state index contributed by atoms with van der Waals surface area (Å²) >= 11 is 0.848. The lowest BCUT2D eigenvalue weighted by Crippen LogP contribution is -2.18. The maximum absolute atomic E-state index is 11.6. The van der Waals surface area contributed by atoms with Gasteiger partial charge in [0.15, 0.2) is 5.82 Å². The minimum absolute atomic E-state index is 0.0427. The summed E-state index contributed by atoms with van der Waals surface area (Å²) in [4.78, 5) is 4.01. The molecule has 0 spiro atoms. The molecule has 19 heavy (non-hydrogen) atoms. The van der Waals surface area contributed by atoms with Crippen LogP contribution in [0.2, 0.25) is 0 Å². The Kier molecular flexibility index (Phi) is 4.13. The molecule has 0 saturated carbocycles. The smallest absolute Gasteiger partial charge is 0.269 e. The first-order valence-corrected chi connectivity index (χ1v) is 7.83. The number of hydrogen-bond donors (Lipinski definition) is 1. The average Bonchev–Trinajstić information content (AvgIpc) is 2.90. The summed E-state index contributed by atoms with van der Waals surface area (Å²) < 4.78 is 34.7. The molecule has 1 aromatic heterocycles. The molecule has 6 nitrogen and oxygen atoms in total. The van der Waals surface area contributed by atoms with E-state index >= 15 is 0 Å². The number of rotatable bonds is 5. The fourth-order valence-electron chi connectivity index (χ4n) is 1.39. The standard InChI is InChI=1S/C11H13N3O3S2/c1-3-17-9-6-4-8(5-7-9)10-13-11(18-14-10)19(15,16)12-2/h4-7,12H,3H2,1-2H3. The van der Waals surface area contributed by atoms with Crippen LogP contribution in [-0.2, 0) is 10.0 Å². The van der Waals surface area contributed by atoms with Crippen molar-refractivity contribution >= 4 is 21.6 Å². The van der Waals surface area contributed by atoms with Gasteiger partial charge >= 0.3 is 0 Å². The molecule has 1 aromatic carbocycles. The Morgan fingerprint density at radius 3 is 2.58 bits per heavy atom. The van der Waals surface area contributed by atoms with Gasteiger partial charge in [0.05, 0.1) is 6.61 Å². The Balaban J connectivity index is 2.28. The average molecular weight is 299 g/mol. The molecule has 0 bridgehead atoms. The summed E-state index contributed by atoms with van der Waals surface area (Å²) in [5, 5.41) is 0. The second-order valence-corrected chi connectivity index (χ2v) is 6.36. The monoisotopic (exact) mass is 299 g/mol. The summed E-state index contributed by atoms with van der Waals surface area (Å²) in [6, 6.07) is 7.18. The van der Waals surface area contributed by atoms with E-state index in [4.69, 9.17) is 4.74 Å². The maximum Gasteiger partial charge on any atom is 0.269 e. The fourth-order valence-corrected chi connectivity index (χ4v) is 2.96. The van der Waals surface area contributed by atoms with Gasteiger partial charge in [0.25, 0.3) is 10.0 Å². The molecule has 1 N–H and O–H groups in total. The van der Waals surface area contributed by atoms with E-state index in [0.717, 1.165) is 22.8 Å². The van der Waals surface area contributed by atoms with Gasteiger partial charge < -0.3 is 4.74 Å². The van der Waals surface area contributed by atoms with E-state index in [1.165, 1.54) is 7.05 Å². The topological polar surface area (TPSA) is 81.2 Å². The van der Waals surface area contributed by atoms with Crippen molar-refractivity contribution in [3.63, 3.8) is 0 Å². The van der Waals surface area contributed by atoms with E-state index in [-0.39, 0.29) is 4.34 Å². The predicted molar refractivity (Wildman–Crippen MR) is 72.8 cm³/mol. The lowest BCUT2D eigenvalue weighted by atomic mass is 10.2. The highest BCUT2D eigenvalue weighted by Gasteiger charge is 2.18. The van der Waals surface area contributed by atoms with Gasteiger partial charge in [0, 0.05) is 5.56 Å². The van der Waals surface area contributed by atoms with E-state index in [2.05, 4.69) is 14.1 Å². The summed E-state index contributed by atoms with van der Waals surface area (Å²) in [7, 11) is -2.19. The molecule has 0 amide bonds. The van der Waals surface area contributed by atoms with Gasteiger partial charge in [0.2, 0.25) is 4.34 Å². The van der Waals surface area contributed by atoms with Crippen LogP contribution in [0.15, 0.2) is 28.6 Å². The first kappa shape index (κ1) is 13.9. The van der Waals surface area contributed by atoms with E-state index in [1.54, 1.807) is 24.3 Å². The van der Waals surface area contributed by atoms with Crippen molar-refractivity contribution in [3.8, 4) is 17.1 Å². The largest absolute Gasteiger partial charge is 0.494 e. The molecule has 2 aromatic rings. The molecular formula is C11H13N3O3S2. The van der Waals surface area contributed by atoms with Crippen molar-refractivity contribution in [2.45, 2.75) is 11.3 Å². The van der Waals surface area contributed by atoms with Crippen LogP contribution < -0.4 is 9.46 Å². The minimum Gasteiger partial charge on any atom is -0.494 e. The van der Waals surface area contributed by atoms with Crippen LogP contribution in [0.1, 0.15) is 6.92 Å². The number of sulfonamides is 1. The molecule has 0 saturated heterocycles. The summed E-state index contributed by atoms with van der Waals surface area (Å²) in [6.45, 7) is 2.50. The number of nitrogens with zero attached hydrogens (tertiary/aromatic N) is 2. The third kappa shape index (κ3) is 3.09. The molecular weight excluding hydrogens is 286 g/mol. The lowest BCUT2D eigenvalue weighted by molar-refractivity contribution is 0.340. The molecule has 1 heterocycles.